The average molecular weight is 544 g/mol. The Morgan fingerprint density at radius 1 is 1.08 bits per heavy atom. The minimum absolute atomic E-state index is 0.186. The van der Waals surface area contributed by atoms with Crippen LogP contribution >= 0.6 is 11.6 Å². The van der Waals surface area contributed by atoms with Gasteiger partial charge in [-0.2, -0.15) is 9.78 Å². The van der Waals surface area contributed by atoms with E-state index in [9.17, 15) is 9.59 Å². The molecule has 0 unspecified atom stereocenters. The maximum Gasteiger partial charge on any atom is 0.296 e. The molecule has 0 aliphatic heterocycles. The molecule has 0 aliphatic rings. The number of aromatic nitrogens is 3. The summed E-state index contributed by atoms with van der Waals surface area (Å²) in [6, 6.07) is 22.9. The van der Waals surface area contributed by atoms with Crippen molar-refractivity contribution in [3.8, 4) is 11.4 Å². The van der Waals surface area contributed by atoms with E-state index in [1.165, 1.54) is 17.4 Å². The number of methoxy groups -OCH3 is 1. The van der Waals surface area contributed by atoms with Gasteiger partial charge < -0.3 is 19.5 Å². The van der Waals surface area contributed by atoms with Gasteiger partial charge in [-0.15, -0.1) is 0 Å². The number of hydrogen-bond acceptors (Lipinski definition) is 5. The van der Waals surface area contributed by atoms with Crippen LogP contribution in [0.3, 0.4) is 0 Å². The predicted molar refractivity (Wildman–Crippen MR) is 155 cm³/mol. The molecule has 2 heterocycles. The molecule has 1 amide bonds. The van der Waals surface area contributed by atoms with Crippen molar-refractivity contribution in [1.29, 1.82) is 0 Å². The third kappa shape index (κ3) is 5.26. The van der Waals surface area contributed by atoms with E-state index in [0.717, 1.165) is 30.4 Å². The zero-order valence-electron chi connectivity index (χ0n) is 22.1. The summed E-state index contributed by atoms with van der Waals surface area (Å²) in [6.45, 7) is 2.12. The molecular weight excluding hydrogens is 514 g/mol. The number of hydrogen-bond donors (Lipinski definition) is 1. The van der Waals surface area contributed by atoms with Gasteiger partial charge in [0, 0.05) is 36.4 Å². The molecule has 0 atom stereocenters. The molecule has 0 radical (unpaired) electrons. The van der Waals surface area contributed by atoms with Crippen molar-refractivity contribution < 1.29 is 9.53 Å². The number of para-hydroxylation sites is 1. The number of carbonyl (C=O) groups excluding carboxylic acids is 1. The first-order chi connectivity index (χ1) is 18.9. The first kappa shape index (κ1) is 26.5. The monoisotopic (exact) mass is 543 g/mol. The van der Waals surface area contributed by atoms with Crippen molar-refractivity contribution in [3.05, 3.63) is 99.4 Å². The van der Waals surface area contributed by atoms with Crippen molar-refractivity contribution in [1.82, 2.24) is 24.6 Å². The van der Waals surface area contributed by atoms with Crippen molar-refractivity contribution in [2.45, 2.75) is 13.0 Å². The van der Waals surface area contributed by atoms with E-state index in [2.05, 4.69) is 34.5 Å². The second kappa shape index (κ2) is 11.3. The Kier molecular flexibility index (Phi) is 7.67. The van der Waals surface area contributed by atoms with Crippen LogP contribution in [0.25, 0.3) is 27.5 Å². The number of nitrogens with one attached hydrogen (secondary N) is 1. The summed E-state index contributed by atoms with van der Waals surface area (Å²) < 4.78 is 8.29. The summed E-state index contributed by atoms with van der Waals surface area (Å²) in [6.07, 6.45) is 0.765. The highest BCUT2D eigenvalue weighted by Gasteiger charge is 2.23. The van der Waals surface area contributed by atoms with Gasteiger partial charge in [-0.3, -0.25) is 9.59 Å². The van der Waals surface area contributed by atoms with Gasteiger partial charge in [-0.1, -0.05) is 60.1 Å². The normalized spacial score (nSPS) is 11.4. The molecule has 3 aromatic carbocycles. The van der Waals surface area contributed by atoms with Gasteiger partial charge in [0.05, 0.1) is 17.8 Å². The molecule has 5 rings (SSSR count). The standard InChI is InChI=1S/C30H30ClN5O3/c1-34(19-20-10-5-4-6-11-20)17-9-16-32-29(37)27-26-22-12-7-8-13-24(22)35(2)28(26)30(38)36(33-27)21-14-15-25(39-3)23(31)18-21/h4-8,10-15,18H,9,16-17,19H2,1-3H3,(H,32,37). The minimum Gasteiger partial charge on any atom is -0.495 e. The fourth-order valence-electron chi connectivity index (χ4n) is 4.91. The number of ether oxygens (including phenoxy) is 1. The van der Waals surface area contributed by atoms with Crippen LogP contribution < -0.4 is 15.6 Å². The van der Waals surface area contributed by atoms with E-state index in [-0.39, 0.29) is 17.2 Å². The fraction of sp³-hybridized carbons (Fsp3) is 0.233. The summed E-state index contributed by atoms with van der Waals surface area (Å²) >= 11 is 6.35. The van der Waals surface area contributed by atoms with Crippen LogP contribution in [0.2, 0.25) is 5.02 Å². The fourth-order valence-corrected chi connectivity index (χ4v) is 5.16. The lowest BCUT2D eigenvalue weighted by Gasteiger charge is -2.17. The van der Waals surface area contributed by atoms with Gasteiger partial charge in [-0.05, 0) is 49.8 Å². The molecule has 9 heteroatoms. The lowest BCUT2D eigenvalue weighted by atomic mass is 10.1. The Morgan fingerprint density at radius 3 is 2.56 bits per heavy atom. The number of aryl methyl sites for hydroxylation is 1. The van der Waals surface area contributed by atoms with Crippen LogP contribution in [-0.2, 0) is 13.6 Å². The number of nitrogens with zero attached hydrogens (tertiary/aromatic N) is 4. The number of rotatable bonds is 9. The highest BCUT2D eigenvalue weighted by molar-refractivity contribution is 6.32. The summed E-state index contributed by atoms with van der Waals surface area (Å²) in [5, 5.41) is 9.26. The predicted octanol–water partition coefficient (Wildman–Crippen LogP) is 4.79. The summed E-state index contributed by atoms with van der Waals surface area (Å²) in [5.74, 6) is 0.143. The van der Waals surface area contributed by atoms with E-state index in [0.29, 0.717) is 33.9 Å². The van der Waals surface area contributed by atoms with Gasteiger partial charge in [-0.25, -0.2) is 0 Å². The molecule has 39 heavy (non-hydrogen) atoms. The molecule has 0 fully saturated rings. The Bertz CT molecular complexity index is 1710. The van der Waals surface area contributed by atoms with Crippen molar-refractivity contribution in [3.63, 3.8) is 0 Å². The minimum atomic E-state index is -0.343. The van der Waals surface area contributed by atoms with Crippen molar-refractivity contribution >= 4 is 39.3 Å². The third-order valence-corrected chi connectivity index (χ3v) is 7.13. The second-order valence-corrected chi connectivity index (χ2v) is 9.92. The van der Waals surface area contributed by atoms with Crippen LogP contribution in [0.1, 0.15) is 22.5 Å². The number of amides is 1. The highest BCUT2D eigenvalue weighted by Crippen LogP contribution is 2.30. The molecule has 0 saturated heterocycles. The van der Waals surface area contributed by atoms with Gasteiger partial charge in [0.15, 0.2) is 5.69 Å². The second-order valence-electron chi connectivity index (χ2n) is 9.52. The Labute approximate surface area is 231 Å². The van der Waals surface area contributed by atoms with Crippen LogP contribution in [0.4, 0.5) is 0 Å². The lowest BCUT2D eigenvalue weighted by Crippen LogP contribution is -2.32. The van der Waals surface area contributed by atoms with Gasteiger partial charge in [0.1, 0.15) is 11.3 Å². The summed E-state index contributed by atoms with van der Waals surface area (Å²) in [7, 11) is 5.41. The molecule has 8 nitrogen and oxygen atoms in total. The van der Waals surface area contributed by atoms with E-state index in [1.807, 2.05) is 54.1 Å². The Balaban J connectivity index is 1.46. The maximum absolute atomic E-state index is 13.7. The van der Waals surface area contributed by atoms with E-state index in [4.69, 9.17) is 16.3 Å². The number of fused-ring (bicyclic) bond motifs is 3. The maximum atomic E-state index is 13.7. The van der Waals surface area contributed by atoms with Crippen LogP contribution in [0.15, 0.2) is 77.6 Å². The van der Waals surface area contributed by atoms with Gasteiger partial charge in [0.2, 0.25) is 0 Å². The molecule has 0 aliphatic carbocycles. The molecule has 0 spiro atoms. The molecule has 2 aromatic heterocycles. The first-order valence-electron chi connectivity index (χ1n) is 12.7. The van der Waals surface area contributed by atoms with E-state index >= 15 is 0 Å². The van der Waals surface area contributed by atoms with E-state index in [1.54, 1.807) is 18.2 Å². The van der Waals surface area contributed by atoms with Crippen molar-refractivity contribution in [2.75, 3.05) is 27.2 Å². The third-order valence-electron chi connectivity index (χ3n) is 6.83. The zero-order chi connectivity index (χ0) is 27.5. The molecule has 200 valence electrons. The molecule has 1 N–H and O–H groups in total. The lowest BCUT2D eigenvalue weighted by molar-refractivity contribution is 0.0947. The molecule has 0 saturated carbocycles. The van der Waals surface area contributed by atoms with E-state index < -0.39 is 0 Å². The largest absolute Gasteiger partial charge is 0.495 e. The quantitative estimate of drug-likeness (QED) is 0.270. The van der Waals surface area contributed by atoms with Gasteiger partial charge in [0.25, 0.3) is 11.5 Å². The molecule has 5 aromatic rings. The number of carbonyl (C=O) groups is 1. The van der Waals surface area contributed by atoms with Crippen LogP contribution in [-0.4, -0.2) is 52.4 Å². The van der Waals surface area contributed by atoms with Crippen LogP contribution in [0, 0.1) is 0 Å². The average Bonchev–Trinajstić information content (AvgIpc) is 3.24. The summed E-state index contributed by atoms with van der Waals surface area (Å²) in [4.78, 5) is 29.5. The topological polar surface area (TPSA) is 81.4 Å². The van der Waals surface area contributed by atoms with Crippen molar-refractivity contribution in [2.24, 2.45) is 7.05 Å². The van der Waals surface area contributed by atoms with Gasteiger partial charge >= 0.3 is 0 Å². The number of halogens is 1. The molecule has 0 bridgehead atoms. The SMILES string of the molecule is COc1ccc(-n2nc(C(=O)NCCCN(C)Cc3ccccc3)c3c4ccccc4n(C)c3c2=O)cc1Cl. The Hall–Kier alpha value is -4.14. The first-order valence-corrected chi connectivity index (χ1v) is 13.1. The summed E-state index contributed by atoms with van der Waals surface area (Å²) in [5.41, 5.74) is 2.76. The zero-order valence-corrected chi connectivity index (χ0v) is 22.9. The smallest absolute Gasteiger partial charge is 0.296 e. The van der Waals surface area contributed by atoms with Crippen LogP contribution in [0.5, 0.6) is 5.75 Å². The number of benzene rings is 3. The Morgan fingerprint density at radius 2 is 1.82 bits per heavy atom. The highest BCUT2D eigenvalue weighted by atomic mass is 35.5. The molecular formula is C30H30ClN5O3.